The first-order valence-corrected chi connectivity index (χ1v) is 6.11. The highest BCUT2D eigenvalue weighted by molar-refractivity contribution is 4.87. The van der Waals surface area contributed by atoms with Crippen molar-refractivity contribution in [1.29, 1.82) is 0 Å². The average Bonchev–Trinajstić information content (AvgIpc) is 2.95. The van der Waals surface area contributed by atoms with Crippen molar-refractivity contribution in [3.05, 3.63) is 0 Å². The molecule has 2 rings (SSSR count). The predicted octanol–water partition coefficient (Wildman–Crippen LogP) is 5.91. The van der Waals surface area contributed by atoms with Crippen molar-refractivity contribution in [3.63, 3.8) is 0 Å². The predicted molar refractivity (Wildman–Crippen MR) is 73.3 cm³/mol. The highest BCUT2D eigenvalue weighted by Gasteiger charge is 2.35. The van der Waals surface area contributed by atoms with E-state index in [0.29, 0.717) is 0 Å². The molecule has 2 saturated carbocycles. The molecule has 0 heteroatoms. The second-order valence-electron chi connectivity index (χ2n) is 5.44. The Morgan fingerprint density at radius 3 is 1.67 bits per heavy atom. The largest absolute Gasteiger partial charge is 0.0776 e. The van der Waals surface area contributed by atoms with Crippen LogP contribution in [0.25, 0.3) is 0 Å². The highest BCUT2D eigenvalue weighted by atomic mass is 14.4. The lowest BCUT2D eigenvalue weighted by molar-refractivity contribution is 0.510. The second-order valence-corrected chi connectivity index (χ2v) is 5.44. The molecule has 0 amide bonds. The zero-order chi connectivity index (χ0) is 9.90. The lowest BCUT2D eigenvalue weighted by Gasteiger charge is -2.01. The topological polar surface area (TPSA) is 0 Å². The number of rotatable bonds is 3. The molecular weight excluding hydrogens is 180 g/mol. The smallest absolute Gasteiger partial charge is 0.0326 e. The Kier molecular flexibility index (Phi) is 8.47. The van der Waals surface area contributed by atoms with Gasteiger partial charge in [0.2, 0.25) is 0 Å². The fourth-order valence-corrected chi connectivity index (χ4v) is 2.03. The fourth-order valence-electron chi connectivity index (χ4n) is 2.03. The van der Waals surface area contributed by atoms with Crippen molar-refractivity contribution >= 4 is 0 Å². The van der Waals surface area contributed by atoms with Crippen molar-refractivity contribution in [2.75, 3.05) is 0 Å². The minimum Gasteiger partial charge on any atom is -0.0776 e. The van der Waals surface area contributed by atoms with Crippen LogP contribution in [0.5, 0.6) is 0 Å². The minimum absolute atomic E-state index is 0. The van der Waals surface area contributed by atoms with E-state index in [9.17, 15) is 0 Å². The van der Waals surface area contributed by atoms with Crippen LogP contribution in [0.15, 0.2) is 0 Å². The van der Waals surface area contributed by atoms with E-state index < -0.39 is 0 Å². The maximum absolute atomic E-state index is 2.39. The summed E-state index contributed by atoms with van der Waals surface area (Å²) in [6.45, 7) is 9.25. The van der Waals surface area contributed by atoms with E-state index in [0.717, 1.165) is 17.3 Å². The van der Waals surface area contributed by atoms with Gasteiger partial charge in [0.1, 0.15) is 0 Å². The van der Waals surface area contributed by atoms with Crippen molar-refractivity contribution in [2.45, 2.75) is 81.1 Å². The van der Waals surface area contributed by atoms with Gasteiger partial charge in [-0.3, -0.25) is 0 Å². The lowest BCUT2D eigenvalue weighted by atomic mass is 10.0. The quantitative estimate of drug-likeness (QED) is 0.548. The molecule has 94 valence electrons. The first kappa shape index (κ1) is 17.4. The normalized spacial score (nSPS) is 28.8. The van der Waals surface area contributed by atoms with Crippen LogP contribution in [0, 0.1) is 17.3 Å². The molecule has 0 spiro atoms. The monoisotopic (exact) mass is 214 g/mol. The van der Waals surface area contributed by atoms with Crippen LogP contribution >= 0.6 is 0 Å². The van der Waals surface area contributed by atoms with Gasteiger partial charge in [-0.15, -0.1) is 0 Å². The molecular formula is C15H34. The molecule has 0 N–H and O–H groups in total. The summed E-state index contributed by atoms with van der Waals surface area (Å²) in [5.41, 5.74) is 0.800. The van der Waals surface area contributed by atoms with Crippen molar-refractivity contribution < 1.29 is 0 Å². The molecule has 0 aromatic carbocycles. The van der Waals surface area contributed by atoms with Gasteiger partial charge in [-0.1, -0.05) is 55.4 Å². The van der Waals surface area contributed by atoms with E-state index >= 15 is 0 Å². The Bertz CT molecular complexity index is 142. The first-order valence-electron chi connectivity index (χ1n) is 6.11. The van der Waals surface area contributed by atoms with Gasteiger partial charge in [0, 0.05) is 0 Å². The summed E-state index contributed by atoms with van der Waals surface area (Å²) >= 11 is 0. The van der Waals surface area contributed by atoms with Crippen LogP contribution in [0.1, 0.15) is 81.1 Å². The Morgan fingerprint density at radius 1 is 1.13 bits per heavy atom. The summed E-state index contributed by atoms with van der Waals surface area (Å²) in [6, 6.07) is 0. The van der Waals surface area contributed by atoms with Gasteiger partial charge in [0.05, 0.1) is 0 Å². The Balaban J connectivity index is 0. The molecule has 2 aliphatic carbocycles. The molecule has 2 fully saturated rings. The lowest BCUT2D eigenvalue weighted by Crippen LogP contribution is -1.88. The summed E-state index contributed by atoms with van der Waals surface area (Å²) in [4.78, 5) is 0. The standard InChI is InChI=1S/C7H14.C6H12.2CH4/c1-3-4-7(2)5-6-7;1-3-6-4-5(6)2;;/h3-6H2,1-2H3;5-6H,3-4H2,1-2H3;2*1H4. The summed E-state index contributed by atoms with van der Waals surface area (Å²) in [7, 11) is 0. The molecule has 2 atom stereocenters. The average molecular weight is 214 g/mol. The highest BCUT2D eigenvalue weighted by Crippen LogP contribution is 2.48. The minimum atomic E-state index is 0. The van der Waals surface area contributed by atoms with E-state index in [1.807, 2.05) is 0 Å². The van der Waals surface area contributed by atoms with Gasteiger partial charge in [-0.05, 0) is 42.9 Å². The Hall–Kier alpha value is 0. The van der Waals surface area contributed by atoms with E-state index in [-0.39, 0.29) is 14.9 Å². The Morgan fingerprint density at radius 2 is 1.60 bits per heavy atom. The molecule has 15 heavy (non-hydrogen) atoms. The maximum atomic E-state index is 2.39. The maximum Gasteiger partial charge on any atom is -0.0326 e. The summed E-state index contributed by atoms with van der Waals surface area (Å²) in [5.74, 6) is 2.17. The molecule has 2 aliphatic rings. The number of hydrogen-bond donors (Lipinski definition) is 0. The van der Waals surface area contributed by atoms with Crippen LogP contribution < -0.4 is 0 Å². The third kappa shape index (κ3) is 6.98. The number of hydrogen-bond acceptors (Lipinski definition) is 0. The van der Waals surface area contributed by atoms with Crippen LogP contribution in [-0.2, 0) is 0 Å². The molecule has 0 heterocycles. The zero-order valence-corrected chi connectivity index (χ0v) is 9.90. The van der Waals surface area contributed by atoms with Crippen LogP contribution in [-0.4, -0.2) is 0 Å². The molecule has 0 radical (unpaired) electrons. The molecule has 0 aliphatic heterocycles. The van der Waals surface area contributed by atoms with Crippen LogP contribution in [0.3, 0.4) is 0 Å². The van der Waals surface area contributed by atoms with E-state index in [2.05, 4.69) is 27.7 Å². The summed E-state index contributed by atoms with van der Waals surface area (Å²) < 4.78 is 0. The second kappa shape index (κ2) is 7.30. The van der Waals surface area contributed by atoms with Gasteiger partial charge in [0.25, 0.3) is 0 Å². The third-order valence-corrected chi connectivity index (χ3v) is 3.76. The molecule has 0 saturated heterocycles. The summed E-state index contributed by atoms with van der Waals surface area (Å²) in [5, 5.41) is 0. The third-order valence-electron chi connectivity index (χ3n) is 3.76. The Labute approximate surface area is 98.9 Å². The molecule has 0 nitrogen and oxygen atoms in total. The molecule has 0 aromatic heterocycles. The van der Waals surface area contributed by atoms with Gasteiger partial charge >= 0.3 is 0 Å². The van der Waals surface area contributed by atoms with E-state index in [1.165, 1.54) is 38.5 Å². The van der Waals surface area contributed by atoms with Crippen LogP contribution in [0.4, 0.5) is 0 Å². The van der Waals surface area contributed by atoms with Crippen molar-refractivity contribution in [2.24, 2.45) is 17.3 Å². The van der Waals surface area contributed by atoms with Crippen molar-refractivity contribution in [3.8, 4) is 0 Å². The zero-order valence-electron chi connectivity index (χ0n) is 9.90. The molecule has 0 aromatic rings. The summed E-state index contributed by atoms with van der Waals surface area (Å²) in [6.07, 6.45) is 8.70. The van der Waals surface area contributed by atoms with Gasteiger partial charge < -0.3 is 0 Å². The molecule has 0 bridgehead atoms. The van der Waals surface area contributed by atoms with Gasteiger partial charge in [-0.2, -0.15) is 0 Å². The van der Waals surface area contributed by atoms with Crippen molar-refractivity contribution in [1.82, 2.24) is 0 Å². The SMILES string of the molecule is C.C.CCC1CC1C.CCCC1(C)CC1. The molecule has 2 unspecified atom stereocenters. The van der Waals surface area contributed by atoms with Gasteiger partial charge in [0.15, 0.2) is 0 Å². The van der Waals surface area contributed by atoms with E-state index in [1.54, 1.807) is 0 Å². The van der Waals surface area contributed by atoms with Crippen LogP contribution in [0.2, 0.25) is 0 Å². The van der Waals surface area contributed by atoms with E-state index in [4.69, 9.17) is 0 Å². The fraction of sp³-hybridized carbons (Fsp3) is 1.00. The van der Waals surface area contributed by atoms with Gasteiger partial charge in [-0.25, -0.2) is 0 Å². The first-order chi connectivity index (χ1) is 6.11.